The van der Waals surface area contributed by atoms with Crippen molar-refractivity contribution in [3.8, 4) is 0 Å². The van der Waals surface area contributed by atoms with Gasteiger partial charge in [-0.3, -0.25) is 24.3 Å². The van der Waals surface area contributed by atoms with Crippen LogP contribution >= 0.6 is 0 Å². The number of fused-ring (bicyclic) bond motifs is 1. The predicted molar refractivity (Wildman–Crippen MR) is 73.8 cm³/mol. The first-order valence-electron chi connectivity index (χ1n) is 6.47. The van der Waals surface area contributed by atoms with Gasteiger partial charge in [0, 0.05) is 18.2 Å². The van der Waals surface area contributed by atoms with Gasteiger partial charge in [-0.1, -0.05) is 0 Å². The summed E-state index contributed by atoms with van der Waals surface area (Å²) in [5.41, 5.74) is -0.277. The largest absolute Gasteiger partial charge is 0.352 e. The lowest BCUT2D eigenvalue weighted by atomic mass is 10.2. The monoisotopic (exact) mass is 288 g/mol. The van der Waals surface area contributed by atoms with E-state index in [1.807, 2.05) is 0 Å². The average molecular weight is 288 g/mol. The first-order valence-corrected chi connectivity index (χ1v) is 6.47. The Balaban J connectivity index is 1.95. The van der Waals surface area contributed by atoms with Crippen molar-refractivity contribution in [2.45, 2.75) is 25.4 Å². The van der Waals surface area contributed by atoms with Crippen LogP contribution in [0.5, 0.6) is 0 Å². The fourth-order valence-electron chi connectivity index (χ4n) is 2.03. The zero-order chi connectivity index (χ0) is 15.0. The first-order chi connectivity index (χ1) is 10.0. The highest BCUT2D eigenvalue weighted by molar-refractivity contribution is 5.81. The minimum atomic E-state index is -0.573. The summed E-state index contributed by atoms with van der Waals surface area (Å²) < 4.78 is 1.16. The molecule has 8 heteroatoms. The van der Waals surface area contributed by atoms with Crippen molar-refractivity contribution in [3.63, 3.8) is 0 Å². The summed E-state index contributed by atoms with van der Waals surface area (Å²) in [6.07, 6.45) is 3.20. The van der Waals surface area contributed by atoms with Gasteiger partial charge in [0.15, 0.2) is 0 Å². The molecule has 1 aliphatic rings. The Morgan fingerprint density at radius 2 is 2.24 bits per heavy atom. The van der Waals surface area contributed by atoms with Gasteiger partial charge in [-0.2, -0.15) is 0 Å². The topological polar surface area (TPSA) is 107 Å². The van der Waals surface area contributed by atoms with Crippen LogP contribution in [0.15, 0.2) is 29.3 Å². The third-order valence-corrected chi connectivity index (χ3v) is 3.27. The standard InChI is InChI=1S/C13H12N4O4/c18-12(15-8-1-2-8)6-16-7-14-11-4-3-9(17(20)21)5-10(11)13(16)19/h3-5,7-8H,1-2,6H2,(H,15,18). The molecule has 3 rings (SSSR count). The number of non-ortho nitro benzene ring substituents is 1. The average Bonchev–Trinajstić information content (AvgIpc) is 3.25. The second-order valence-electron chi connectivity index (χ2n) is 4.98. The van der Waals surface area contributed by atoms with E-state index in [2.05, 4.69) is 10.3 Å². The summed E-state index contributed by atoms with van der Waals surface area (Å²) >= 11 is 0. The SMILES string of the molecule is O=C(Cn1cnc2ccc([N+](=O)[O-])cc2c1=O)NC1CC1. The fraction of sp³-hybridized carbons (Fsp3) is 0.308. The molecule has 0 aliphatic heterocycles. The number of benzene rings is 1. The zero-order valence-corrected chi connectivity index (χ0v) is 11.0. The van der Waals surface area contributed by atoms with E-state index in [1.165, 1.54) is 24.5 Å². The highest BCUT2D eigenvalue weighted by Crippen LogP contribution is 2.18. The molecular weight excluding hydrogens is 276 g/mol. The molecule has 1 fully saturated rings. The van der Waals surface area contributed by atoms with Crippen LogP contribution in [0, 0.1) is 10.1 Å². The second kappa shape index (κ2) is 4.97. The van der Waals surface area contributed by atoms with E-state index >= 15 is 0 Å². The minimum Gasteiger partial charge on any atom is -0.352 e. The number of nitro groups is 1. The maximum absolute atomic E-state index is 12.3. The highest BCUT2D eigenvalue weighted by Gasteiger charge is 2.23. The normalized spacial score (nSPS) is 14.1. The maximum atomic E-state index is 12.3. The van der Waals surface area contributed by atoms with Gasteiger partial charge in [0.1, 0.15) is 6.54 Å². The molecule has 8 nitrogen and oxygen atoms in total. The number of carbonyl (C=O) groups is 1. The molecule has 0 bridgehead atoms. The molecular formula is C13H12N4O4. The molecule has 1 aromatic heterocycles. The number of hydrogen-bond acceptors (Lipinski definition) is 5. The lowest BCUT2D eigenvalue weighted by molar-refractivity contribution is -0.384. The summed E-state index contributed by atoms with van der Waals surface area (Å²) in [7, 11) is 0. The Morgan fingerprint density at radius 1 is 1.48 bits per heavy atom. The summed E-state index contributed by atoms with van der Waals surface area (Å²) in [6.45, 7) is -0.138. The van der Waals surface area contributed by atoms with Crippen LogP contribution < -0.4 is 10.9 Å². The Hall–Kier alpha value is -2.77. The van der Waals surface area contributed by atoms with Crippen molar-refractivity contribution in [2.24, 2.45) is 0 Å². The number of nitrogens with one attached hydrogen (secondary N) is 1. The van der Waals surface area contributed by atoms with E-state index in [9.17, 15) is 19.7 Å². The van der Waals surface area contributed by atoms with E-state index in [-0.39, 0.29) is 29.6 Å². The molecule has 1 N–H and O–H groups in total. The molecule has 1 saturated carbocycles. The number of nitrogens with zero attached hydrogens (tertiary/aromatic N) is 3. The molecule has 1 heterocycles. The summed E-state index contributed by atoms with van der Waals surface area (Å²) in [5, 5.41) is 13.7. The number of rotatable bonds is 4. The van der Waals surface area contributed by atoms with Crippen molar-refractivity contribution in [1.29, 1.82) is 0 Å². The van der Waals surface area contributed by atoms with Gasteiger partial charge in [-0.05, 0) is 18.9 Å². The molecule has 2 aromatic rings. The van der Waals surface area contributed by atoms with Crippen LogP contribution in [0.1, 0.15) is 12.8 Å². The molecule has 0 saturated heterocycles. The van der Waals surface area contributed by atoms with Crippen molar-refractivity contribution in [1.82, 2.24) is 14.9 Å². The second-order valence-corrected chi connectivity index (χ2v) is 4.98. The molecule has 1 amide bonds. The van der Waals surface area contributed by atoms with Gasteiger partial charge in [0.25, 0.3) is 11.2 Å². The molecule has 21 heavy (non-hydrogen) atoms. The van der Waals surface area contributed by atoms with Gasteiger partial charge in [-0.25, -0.2) is 4.98 Å². The smallest absolute Gasteiger partial charge is 0.270 e. The van der Waals surface area contributed by atoms with Crippen LogP contribution in [-0.4, -0.2) is 26.4 Å². The van der Waals surface area contributed by atoms with Gasteiger partial charge in [-0.15, -0.1) is 0 Å². The number of amides is 1. The fourth-order valence-corrected chi connectivity index (χ4v) is 2.03. The lowest BCUT2D eigenvalue weighted by Gasteiger charge is -2.07. The van der Waals surface area contributed by atoms with Crippen molar-refractivity contribution in [2.75, 3.05) is 0 Å². The molecule has 0 atom stereocenters. The van der Waals surface area contributed by atoms with Crippen molar-refractivity contribution >= 4 is 22.5 Å². The van der Waals surface area contributed by atoms with Crippen molar-refractivity contribution in [3.05, 3.63) is 45.0 Å². The van der Waals surface area contributed by atoms with Gasteiger partial charge in [0.2, 0.25) is 5.91 Å². The Kier molecular flexibility index (Phi) is 3.13. The van der Waals surface area contributed by atoms with Crippen molar-refractivity contribution < 1.29 is 9.72 Å². The molecule has 1 aromatic carbocycles. The van der Waals surface area contributed by atoms with Gasteiger partial charge >= 0.3 is 0 Å². The van der Waals surface area contributed by atoms with Crippen LogP contribution in [0.25, 0.3) is 10.9 Å². The Bertz CT molecular complexity index is 794. The number of hydrogen-bond donors (Lipinski definition) is 1. The predicted octanol–water partition coefficient (Wildman–Crippen LogP) is 0.583. The summed E-state index contributed by atoms with van der Waals surface area (Å²) in [4.78, 5) is 38.2. The Labute approximate surface area is 118 Å². The third-order valence-electron chi connectivity index (χ3n) is 3.27. The van der Waals surface area contributed by atoms with Gasteiger partial charge in [0.05, 0.1) is 22.2 Å². The van der Waals surface area contributed by atoms with Crippen LogP contribution in [0.3, 0.4) is 0 Å². The molecule has 1 aliphatic carbocycles. The van der Waals surface area contributed by atoms with E-state index in [0.717, 1.165) is 17.4 Å². The number of carbonyl (C=O) groups excluding carboxylic acids is 1. The molecule has 0 radical (unpaired) electrons. The summed E-state index contributed by atoms with van der Waals surface area (Å²) in [5.74, 6) is -0.258. The van der Waals surface area contributed by atoms with Crippen LogP contribution in [0.4, 0.5) is 5.69 Å². The summed E-state index contributed by atoms with van der Waals surface area (Å²) in [6, 6.07) is 4.10. The van der Waals surface area contributed by atoms with E-state index in [1.54, 1.807) is 0 Å². The quantitative estimate of drug-likeness (QED) is 0.654. The molecule has 108 valence electrons. The minimum absolute atomic E-state index is 0.130. The Morgan fingerprint density at radius 3 is 2.90 bits per heavy atom. The van der Waals surface area contributed by atoms with E-state index in [4.69, 9.17) is 0 Å². The molecule has 0 unspecified atom stereocenters. The van der Waals surface area contributed by atoms with Crippen LogP contribution in [-0.2, 0) is 11.3 Å². The first kappa shape index (κ1) is 13.2. The molecule has 0 spiro atoms. The lowest BCUT2D eigenvalue weighted by Crippen LogP contribution is -2.33. The maximum Gasteiger partial charge on any atom is 0.270 e. The van der Waals surface area contributed by atoms with Gasteiger partial charge < -0.3 is 5.32 Å². The van der Waals surface area contributed by atoms with E-state index < -0.39 is 10.5 Å². The number of aromatic nitrogens is 2. The van der Waals surface area contributed by atoms with E-state index in [0.29, 0.717) is 5.52 Å². The highest BCUT2D eigenvalue weighted by atomic mass is 16.6. The van der Waals surface area contributed by atoms with Crippen LogP contribution in [0.2, 0.25) is 0 Å². The third kappa shape index (κ3) is 2.73. The zero-order valence-electron chi connectivity index (χ0n) is 11.0. The number of nitro benzene ring substituents is 1.